The van der Waals surface area contributed by atoms with Crippen molar-refractivity contribution >= 4 is 21.5 Å². The zero-order chi connectivity index (χ0) is 18.1. The van der Waals surface area contributed by atoms with Gasteiger partial charge in [0.05, 0.1) is 5.69 Å². The molecular weight excluding hydrogens is 348 g/mol. The molecule has 2 aromatic rings. The molecule has 4 rings (SSSR count). The molecule has 0 spiro atoms. The van der Waals surface area contributed by atoms with E-state index < -0.39 is 10.0 Å². The molecule has 6 nitrogen and oxygen atoms in total. The van der Waals surface area contributed by atoms with Crippen molar-refractivity contribution in [1.29, 1.82) is 0 Å². The number of para-hydroxylation sites is 1. The third-order valence-corrected chi connectivity index (χ3v) is 7.27. The lowest BCUT2D eigenvalue weighted by atomic mass is 10.1. The monoisotopic (exact) mass is 372 g/mol. The average molecular weight is 372 g/mol. The van der Waals surface area contributed by atoms with Crippen molar-refractivity contribution in [1.82, 2.24) is 10.3 Å². The smallest absolute Gasteiger partial charge is 0.265 e. The van der Waals surface area contributed by atoms with E-state index in [1.165, 1.54) is 10.5 Å². The summed E-state index contributed by atoms with van der Waals surface area (Å²) in [5.41, 5.74) is 0.665. The molecule has 2 aliphatic rings. The molecule has 0 saturated carbocycles. The molecular formula is C19H24N4O2S. The molecule has 26 heavy (non-hydrogen) atoms. The minimum Gasteiger partial charge on any atom is -0.352 e. The number of hydrogen-bond donors (Lipinski definition) is 1. The largest absolute Gasteiger partial charge is 0.352 e. The molecule has 138 valence electrons. The van der Waals surface area contributed by atoms with Crippen LogP contribution < -0.4 is 14.5 Å². The Balaban J connectivity index is 1.59. The van der Waals surface area contributed by atoms with E-state index in [4.69, 9.17) is 0 Å². The predicted octanol–water partition coefficient (Wildman–Crippen LogP) is 2.09. The molecule has 1 aromatic carbocycles. The van der Waals surface area contributed by atoms with Gasteiger partial charge in [-0.2, -0.15) is 0 Å². The molecule has 3 heterocycles. The van der Waals surface area contributed by atoms with E-state index in [0.717, 1.165) is 31.9 Å². The van der Waals surface area contributed by atoms with Gasteiger partial charge in [0.25, 0.3) is 10.0 Å². The van der Waals surface area contributed by atoms with Crippen LogP contribution >= 0.6 is 0 Å². The molecule has 2 aliphatic heterocycles. The van der Waals surface area contributed by atoms with Gasteiger partial charge in [-0.25, -0.2) is 13.4 Å². The first-order chi connectivity index (χ1) is 12.6. The summed E-state index contributed by atoms with van der Waals surface area (Å²) < 4.78 is 27.5. The first-order valence-corrected chi connectivity index (χ1v) is 10.6. The zero-order valence-electron chi connectivity index (χ0n) is 14.9. The topological polar surface area (TPSA) is 65.5 Å². The molecule has 7 heteroatoms. The molecule has 2 fully saturated rings. The van der Waals surface area contributed by atoms with Crippen molar-refractivity contribution in [3.05, 3.63) is 48.7 Å². The van der Waals surface area contributed by atoms with Gasteiger partial charge >= 0.3 is 0 Å². The molecule has 0 aliphatic carbocycles. The van der Waals surface area contributed by atoms with Crippen molar-refractivity contribution in [2.24, 2.45) is 5.92 Å². The van der Waals surface area contributed by atoms with Crippen LogP contribution in [0.4, 0.5) is 11.5 Å². The van der Waals surface area contributed by atoms with Gasteiger partial charge in [0.2, 0.25) is 0 Å². The van der Waals surface area contributed by atoms with Gasteiger partial charge in [-0.1, -0.05) is 18.2 Å². The van der Waals surface area contributed by atoms with E-state index in [0.29, 0.717) is 24.2 Å². The lowest BCUT2D eigenvalue weighted by Gasteiger charge is -2.25. The summed E-state index contributed by atoms with van der Waals surface area (Å²) in [6.45, 7) is 5.24. The summed E-state index contributed by atoms with van der Waals surface area (Å²) in [6, 6.07) is 13.2. The number of rotatable bonds is 5. The molecule has 1 aromatic heterocycles. The second-order valence-corrected chi connectivity index (χ2v) is 8.69. The van der Waals surface area contributed by atoms with Crippen LogP contribution in [0.1, 0.15) is 13.3 Å². The van der Waals surface area contributed by atoms with Crippen LogP contribution in [0.5, 0.6) is 0 Å². The van der Waals surface area contributed by atoms with E-state index in [9.17, 15) is 8.42 Å². The number of pyridine rings is 1. The second-order valence-electron chi connectivity index (χ2n) is 6.83. The first kappa shape index (κ1) is 17.3. The minimum atomic E-state index is -3.62. The minimum absolute atomic E-state index is 0.229. The second kappa shape index (κ2) is 6.89. The summed E-state index contributed by atoms with van der Waals surface area (Å²) in [4.78, 5) is 7.02. The van der Waals surface area contributed by atoms with E-state index >= 15 is 0 Å². The summed E-state index contributed by atoms with van der Waals surface area (Å²) >= 11 is 0. The normalized spacial score (nSPS) is 22.4. The fourth-order valence-corrected chi connectivity index (χ4v) is 5.46. The lowest BCUT2D eigenvalue weighted by molar-refractivity contribution is 0.577. The predicted molar refractivity (Wildman–Crippen MR) is 103 cm³/mol. The Hall–Kier alpha value is -2.12. The van der Waals surface area contributed by atoms with Crippen LogP contribution in [0.15, 0.2) is 53.6 Å². The highest BCUT2D eigenvalue weighted by molar-refractivity contribution is 7.92. The van der Waals surface area contributed by atoms with Crippen LogP contribution in [0.25, 0.3) is 0 Å². The van der Waals surface area contributed by atoms with Crippen molar-refractivity contribution in [2.75, 3.05) is 35.4 Å². The van der Waals surface area contributed by atoms with E-state index in [-0.39, 0.29) is 4.90 Å². The van der Waals surface area contributed by atoms with Gasteiger partial charge < -0.3 is 10.2 Å². The number of nitrogens with zero attached hydrogens (tertiary/aromatic N) is 3. The average Bonchev–Trinajstić information content (AvgIpc) is 3.27. The van der Waals surface area contributed by atoms with Gasteiger partial charge in [0, 0.05) is 38.4 Å². The number of hydrogen-bond acceptors (Lipinski definition) is 5. The third kappa shape index (κ3) is 2.95. The Kier molecular flexibility index (Phi) is 4.58. The molecule has 0 unspecified atom stereocenters. The summed E-state index contributed by atoms with van der Waals surface area (Å²) in [6.07, 6.45) is 2.66. The van der Waals surface area contributed by atoms with Gasteiger partial charge in [-0.3, -0.25) is 4.31 Å². The standard InChI is InChI=1S/C19H24N4O2S/c1-2-23(16-6-4-3-5-7-16)26(24,25)17-8-9-19(21-13-17)22-11-10-15-12-20-14-18(15)22/h3-9,13,15,18,20H,2,10-12,14H2,1H3/t15-,18+/m1/s1. The van der Waals surface area contributed by atoms with Gasteiger partial charge in [0.1, 0.15) is 10.7 Å². The van der Waals surface area contributed by atoms with Crippen LogP contribution in [-0.4, -0.2) is 45.6 Å². The van der Waals surface area contributed by atoms with Crippen LogP contribution in [0.3, 0.4) is 0 Å². The van der Waals surface area contributed by atoms with Crippen molar-refractivity contribution < 1.29 is 8.42 Å². The number of aromatic nitrogens is 1. The van der Waals surface area contributed by atoms with Gasteiger partial charge in [-0.15, -0.1) is 0 Å². The van der Waals surface area contributed by atoms with Gasteiger partial charge in [0.15, 0.2) is 0 Å². The Bertz CT molecular complexity index is 855. The van der Waals surface area contributed by atoms with Crippen LogP contribution in [0, 0.1) is 5.92 Å². The number of nitrogens with one attached hydrogen (secondary N) is 1. The Morgan fingerprint density at radius 2 is 2.00 bits per heavy atom. The quantitative estimate of drug-likeness (QED) is 0.871. The zero-order valence-corrected chi connectivity index (χ0v) is 15.7. The summed E-state index contributed by atoms with van der Waals surface area (Å²) in [7, 11) is -3.62. The lowest BCUT2D eigenvalue weighted by Crippen LogP contribution is -2.35. The van der Waals surface area contributed by atoms with Crippen LogP contribution in [-0.2, 0) is 10.0 Å². The van der Waals surface area contributed by atoms with Crippen molar-refractivity contribution in [2.45, 2.75) is 24.3 Å². The Labute approximate surface area is 154 Å². The number of sulfonamides is 1. The number of anilines is 2. The molecule has 0 amide bonds. The summed E-state index contributed by atoms with van der Waals surface area (Å²) in [5.74, 6) is 1.54. The number of fused-ring (bicyclic) bond motifs is 1. The maximum Gasteiger partial charge on any atom is 0.265 e. The maximum absolute atomic E-state index is 13.0. The fourth-order valence-electron chi connectivity index (χ4n) is 4.04. The molecule has 2 atom stereocenters. The Morgan fingerprint density at radius 3 is 2.69 bits per heavy atom. The highest BCUT2D eigenvalue weighted by Crippen LogP contribution is 2.31. The fraction of sp³-hybridized carbons (Fsp3) is 0.421. The highest BCUT2D eigenvalue weighted by atomic mass is 32.2. The molecule has 1 N–H and O–H groups in total. The highest BCUT2D eigenvalue weighted by Gasteiger charge is 2.38. The van der Waals surface area contributed by atoms with E-state index in [2.05, 4.69) is 15.2 Å². The molecule has 0 bridgehead atoms. The molecule has 2 saturated heterocycles. The maximum atomic E-state index is 13.0. The van der Waals surface area contributed by atoms with E-state index in [1.54, 1.807) is 18.2 Å². The number of benzene rings is 1. The summed E-state index contributed by atoms with van der Waals surface area (Å²) in [5, 5.41) is 3.43. The third-order valence-electron chi connectivity index (χ3n) is 5.38. The van der Waals surface area contributed by atoms with E-state index in [1.807, 2.05) is 31.2 Å². The van der Waals surface area contributed by atoms with Crippen molar-refractivity contribution in [3.8, 4) is 0 Å². The molecule has 0 radical (unpaired) electrons. The Morgan fingerprint density at radius 1 is 1.19 bits per heavy atom. The van der Waals surface area contributed by atoms with Gasteiger partial charge in [-0.05, 0) is 43.5 Å². The first-order valence-electron chi connectivity index (χ1n) is 9.12. The van der Waals surface area contributed by atoms with Crippen molar-refractivity contribution in [3.63, 3.8) is 0 Å². The SMILES string of the molecule is CCN(c1ccccc1)S(=O)(=O)c1ccc(N2CC[C@@H]3CNC[C@@H]32)nc1. The van der Waals surface area contributed by atoms with Crippen LogP contribution in [0.2, 0.25) is 0 Å².